The van der Waals surface area contributed by atoms with Crippen molar-refractivity contribution in [1.29, 1.82) is 0 Å². The molecule has 1 aliphatic rings. The van der Waals surface area contributed by atoms with Gasteiger partial charge in [0, 0.05) is 12.6 Å². The Labute approximate surface area is 104 Å². The second-order valence-electron chi connectivity index (χ2n) is 5.65. The number of nitrogens with one attached hydrogen (secondary N) is 1. The Hall–Kier alpha value is -0.860. The molecule has 94 valence electrons. The number of fused-ring (bicyclic) bond motifs is 1. The Balaban J connectivity index is 2.19. The third-order valence-electron chi connectivity index (χ3n) is 3.87. The molecule has 0 heterocycles. The van der Waals surface area contributed by atoms with Gasteiger partial charge in [-0.25, -0.2) is 0 Å². The van der Waals surface area contributed by atoms with Crippen LogP contribution in [0.5, 0.6) is 0 Å². The molecular weight excluding hydrogens is 210 g/mol. The van der Waals surface area contributed by atoms with Crippen molar-refractivity contribution in [2.75, 3.05) is 13.2 Å². The van der Waals surface area contributed by atoms with E-state index in [1.54, 1.807) is 0 Å². The highest BCUT2D eigenvalue weighted by atomic mass is 16.3. The van der Waals surface area contributed by atoms with Crippen LogP contribution < -0.4 is 5.32 Å². The van der Waals surface area contributed by atoms with E-state index in [1.165, 1.54) is 24.0 Å². The molecule has 1 aromatic carbocycles. The fourth-order valence-corrected chi connectivity index (χ4v) is 2.78. The van der Waals surface area contributed by atoms with E-state index in [9.17, 15) is 0 Å². The van der Waals surface area contributed by atoms with E-state index in [2.05, 4.69) is 43.4 Å². The number of hydrogen-bond acceptors (Lipinski definition) is 2. The fourth-order valence-electron chi connectivity index (χ4n) is 2.78. The first-order valence-electron chi connectivity index (χ1n) is 6.57. The van der Waals surface area contributed by atoms with Crippen LogP contribution in [0.2, 0.25) is 0 Å². The Morgan fingerprint density at radius 3 is 2.88 bits per heavy atom. The topological polar surface area (TPSA) is 32.3 Å². The van der Waals surface area contributed by atoms with Gasteiger partial charge in [0.15, 0.2) is 0 Å². The van der Waals surface area contributed by atoms with Crippen molar-refractivity contribution in [2.24, 2.45) is 5.41 Å². The molecule has 0 radical (unpaired) electrons. The molecule has 1 atom stereocenters. The highest BCUT2D eigenvalue weighted by molar-refractivity contribution is 5.34. The molecule has 2 rings (SSSR count). The molecule has 2 heteroatoms. The average molecular weight is 233 g/mol. The van der Waals surface area contributed by atoms with Gasteiger partial charge in [0.05, 0.1) is 0 Å². The minimum atomic E-state index is 0.266. The Morgan fingerprint density at radius 1 is 1.35 bits per heavy atom. The molecule has 0 aromatic heterocycles. The zero-order valence-electron chi connectivity index (χ0n) is 10.9. The average Bonchev–Trinajstić information content (AvgIpc) is 2.32. The van der Waals surface area contributed by atoms with E-state index in [1.807, 2.05) is 0 Å². The van der Waals surface area contributed by atoms with Crippen LogP contribution in [0.3, 0.4) is 0 Å². The molecular formula is C15H23NO. The summed E-state index contributed by atoms with van der Waals surface area (Å²) in [6.07, 6.45) is 3.23. The summed E-state index contributed by atoms with van der Waals surface area (Å²) in [6.45, 7) is 5.82. The maximum Gasteiger partial charge on any atom is 0.0443 e. The predicted octanol–water partition coefficient (Wildman–Crippen LogP) is 2.67. The van der Waals surface area contributed by atoms with E-state index in [-0.39, 0.29) is 6.61 Å². The lowest BCUT2D eigenvalue weighted by Crippen LogP contribution is -2.38. The zero-order valence-corrected chi connectivity index (χ0v) is 10.9. The second-order valence-corrected chi connectivity index (χ2v) is 5.65. The van der Waals surface area contributed by atoms with E-state index in [0.717, 1.165) is 13.0 Å². The first-order chi connectivity index (χ1) is 8.15. The lowest BCUT2D eigenvalue weighted by molar-refractivity contribution is 0.202. The van der Waals surface area contributed by atoms with Crippen molar-refractivity contribution < 1.29 is 5.11 Å². The van der Waals surface area contributed by atoms with Gasteiger partial charge in [-0.3, -0.25) is 0 Å². The highest BCUT2D eigenvalue weighted by Crippen LogP contribution is 2.43. The summed E-state index contributed by atoms with van der Waals surface area (Å²) in [5, 5.41) is 12.5. The number of aryl methyl sites for hydroxylation is 1. The number of aliphatic hydroxyl groups excluding tert-OH is 1. The molecule has 17 heavy (non-hydrogen) atoms. The van der Waals surface area contributed by atoms with E-state index in [0.29, 0.717) is 11.5 Å². The number of benzene rings is 1. The van der Waals surface area contributed by atoms with Crippen molar-refractivity contribution in [3.8, 4) is 0 Å². The molecule has 1 unspecified atom stereocenters. The van der Waals surface area contributed by atoms with Gasteiger partial charge < -0.3 is 10.4 Å². The Bertz CT molecular complexity index is 373. The third kappa shape index (κ3) is 2.70. The third-order valence-corrected chi connectivity index (χ3v) is 3.87. The predicted molar refractivity (Wildman–Crippen MR) is 71.0 cm³/mol. The highest BCUT2D eigenvalue weighted by Gasteiger charge is 2.34. The summed E-state index contributed by atoms with van der Waals surface area (Å²) in [6, 6.07) is 9.15. The van der Waals surface area contributed by atoms with Crippen LogP contribution in [0.25, 0.3) is 0 Å². The molecule has 2 nitrogen and oxygen atoms in total. The lowest BCUT2D eigenvalue weighted by Gasteiger charge is -2.40. The zero-order chi connectivity index (χ0) is 12.3. The maximum absolute atomic E-state index is 8.88. The Kier molecular flexibility index (Phi) is 3.85. The van der Waals surface area contributed by atoms with Crippen LogP contribution in [0.15, 0.2) is 24.3 Å². The normalized spacial score (nSPS) is 22.2. The molecule has 0 saturated heterocycles. The SMILES string of the molecule is CC1(C)CCc2ccccc2C1NCCCO. The molecule has 0 amide bonds. The molecule has 0 saturated carbocycles. The summed E-state index contributed by atoms with van der Waals surface area (Å²) in [7, 11) is 0. The molecule has 0 aliphatic heterocycles. The summed E-state index contributed by atoms with van der Waals surface area (Å²) < 4.78 is 0. The van der Waals surface area contributed by atoms with Crippen molar-refractivity contribution >= 4 is 0 Å². The first-order valence-corrected chi connectivity index (χ1v) is 6.57. The van der Waals surface area contributed by atoms with Crippen molar-refractivity contribution in [3.63, 3.8) is 0 Å². The van der Waals surface area contributed by atoms with Crippen molar-refractivity contribution in [3.05, 3.63) is 35.4 Å². The van der Waals surface area contributed by atoms with Gasteiger partial charge in [-0.15, -0.1) is 0 Å². The summed E-state index contributed by atoms with van der Waals surface area (Å²) in [5.41, 5.74) is 3.22. The van der Waals surface area contributed by atoms with Crippen LogP contribution in [0.4, 0.5) is 0 Å². The number of aliphatic hydroxyl groups is 1. The van der Waals surface area contributed by atoms with Gasteiger partial charge in [0.1, 0.15) is 0 Å². The first kappa shape index (κ1) is 12.6. The summed E-state index contributed by atoms with van der Waals surface area (Å²) in [4.78, 5) is 0. The Morgan fingerprint density at radius 2 is 2.12 bits per heavy atom. The minimum Gasteiger partial charge on any atom is -0.396 e. The fraction of sp³-hybridized carbons (Fsp3) is 0.600. The lowest BCUT2D eigenvalue weighted by atomic mass is 9.70. The monoisotopic (exact) mass is 233 g/mol. The molecule has 2 N–H and O–H groups in total. The van der Waals surface area contributed by atoms with Crippen LogP contribution in [-0.4, -0.2) is 18.3 Å². The van der Waals surface area contributed by atoms with E-state index in [4.69, 9.17) is 5.11 Å². The van der Waals surface area contributed by atoms with Crippen LogP contribution in [-0.2, 0) is 6.42 Å². The van der Waals surface area contributed by atoms with Gasteiger partial charge in [-0.05, 0) is 42.3 Å². The number of hydrogen-bond donors (Lipinski definition) is 2. The molecule has 0 bridgehead atoms. The summed E-state index contributed by atoms with van der Waals surface area (Å²) in [5.74, 6) is 0. The summed E-state index contributed by atoms with van der Waals surface area (Å²) >= 11 is 0. The quantitative estimate of drug-likeness (QED) is 0.784. The van der Waals surface area contributed by atoms with Crippen molar-refractivity contribution in [2.45, 2.75) is 39.2 Å². The van der Waals surface area contributed by atoms with Crippen LogP contribution in [0.1, 0.15) is 43.9 Å². The van der Waals surface area contributed by atoms with Gasteiger partial charge >= 0.3 is 0 Å². The van der Waals surface area contributed by atoms with E-state index < -0.39 is 0 Å². The van der Waals surface area contributed by atoms with Crippen molar-refractivity contribution in [1.82, 2.24) is 5.32 Å². The molecule has 0 fully saturated rings. The molecule has 1 aromatic rings. The second kappa shape index (κ2) is 5.19. The maximum atomic E-state index is 8.88. The van der Waals surface area contributed by atoms with Crippen LogP contribution >= 0.6 is 0 Å². The van der Waals surface area contributed by atoms with E-state index >= 15 is 0 Å². The van der Waals surface area contributed by atoms with Gasteiger partial charge in [0.25, 0.3) is 0 Å². The minimum absolute atomic E-state index is 0.266. The van der Waals surface area contributed by atoms with Gasteiger partial charge in [-0.2, -0.15) is 0 Å². The van der Waals surface area contributed by atoms with Gasteiger partial charge in [-0.1, -0.05) is 38.1 Å². The standard InChI is InChI=1S/C15H23NO/c1-15(2)9-8-12-6-3-4-7-13(12)14(15)16-10-5-11-17/h3-4,6-7,14,16-17H,5,8-11H2,1-2H3. The van der Waals surface area contributed by atoms with Gasteiger partial charge in [0.2, 0.25) is 0 Å². The smallest absolute Gasteiger partial charge is 0.0443 e. The number of rotatable bonds is 4. The van der Waals surface area contributed by atoms with Crippen LogP contribution in [0, 0.1) is 5.41 Å². The molecule has 1 aliphatic carbocycles. The largest absolute Gasteiger partial charge is 0.396 e. The molecule has 0 spiro atoms.